The van der Waals surface area contributed by atoms with Crippen molar-refractivity contribution < 1.29 is 20.1 Å². The average Bonchev–Trinajstić information content (AvgIpc) is 2.12. The van der Waals surface area contributed by atoms with E-state index in [4.69, 9.17) is 10.2 Å². The van der Waals surface area contributed by atoms with Crippen molar-refractivity contribution in [3.8, 4) is 0 Å². The van der Waals surface area contributed by atoms with Gasteiger partial charge in [0.2, 0.25) is 0 Å². The highest BCUT2D eigenvalue weighted by atomic mass is 16.7. The number of rotatable bonds is 4. The molecule has 16 heavy (non-hydrogen) atoms. The number of hydrogen-bond donors (Lipinski definition) is 3. The predicted molar refractivity (Wildman–Crippen MR) is 59.4 cm³/mol. The largest absolute Gasteiger partial charge is 0.386 e. The molecule has 0 aliphatic carbocycles. The lowest BCUT2D eigenvalue weighted by molar-refractivity contribution is -0.240. The maximum atomic E-state index is 9.88. The Morgan fingerprint density at radius 2 is 1.88 bits per heavy atom. The predicted octanol–water partition coefficient (Wildman–Crippen LogP) is 1.01. The molecule has 0 radical (unpaired) electrons. The topological polar surface area (TPSA) is 69.9 Å². The van der Waals surface area contributed by atoms with Crippen molar-refractivity contribution in [1.29, 1.82) is 0 Å². The van der Waals surface area contributed by atoms with Gasteiger partial charge in [-0.2, -0.15) is 0 Å². The highest BCUT2D eigenvalue weighted by Gasteiger charge is 2.16. The minimum atomic E-state index is -1.77. The zero-order valence-electron chi connectivity index (χ0n) is 9.77. The van der Waals surface area contributed by atoms with Gasteiger partial charge in [0.05, 0.1) is 12.2 Å². The lowest BCUT2D eigenvalue weighted by atomic mass is 9.95. The third-order valence-electron chi connectivity index (χ3n) is 2.24. The Kier molecular flexibility index (Phi) is 4.04. The quantitative estimate of drug-likeness (QED) is 0.670. The summed E-state index contributed by atoms with van der Waals surface area (Å²) in [4.78, 5) is 0. The highest BCUT2D eigenvalue weighted by Crippen LogP contribution is 2.22. The zero-order chi connectivity index (χ0) is 12.3. The number of aliphatic hydroxyl groups is 3. The van der Waals surface area contributed by atoms with Crippen molar-refractivity contribution in [2.45, 2.75) is 39.5 Å². The van der Waals surface area contributed by atoms with Gasteiger partial charge in [-0.3, -0.25) is 0 Å². The first-order valence-electron chi connectivity index (χ1n) is 5.10. The lowest BCUT2D eigenvalue weighted by Gasteiger charge is -2.19. The van der Waals surface area contributed by atoms with Crippen molar-refractivity contribution in [3.05, 3.63) is 34.9 Å². The SMILES string of the molecule is Cc1cc(COC(O)O)cc(C(C)(C)O)c1. The summed E-state index contributed by atoms with van der Waals surface area (Å²) in [6, 6.07) is 5.55. The van der Waals surface area contributed by atoms with Crippen LogP contribution >= 0.6 is 0 Å². The first-order chi connectivity index (χ1) is 7.29. The Hall–Kier alpha value is -0.940. The van der Waals surface area contributed by atoms with Crippen LogP contribution in [0.1, 0.15) is 30.5 Å². The first-order valence-corrected chi connectivity index (χ1v) is 5.10. The molecule has 1 rings (SSSR count). The van der Waals surface area contributed by atoms with E-state index in [1.54, 1.807) is 19.9 Å². The number of benzene rings is 1. The van der Waals surface area contributed by atoms with Gasteiger partial charge in [-0.1, -0.05) is 23.8 Å². The molecule has 1 aromatic rings. The van der Waals surface area contributed by atoms with E-state index >= 15 is 0 Å². The molecule has 0 aliphatic rings. The van der Waals surface area contributed by atoms with Crippen LogP contribution in [0.2, 0.25) is 0 Å². The summed E-state index contributed by atoms with van der Waals surface area (Å²) in [6.45, 7) is 3.64. The summed E-state index contributed by atoms with van der Waals surface area (Å²) in [5.41, 5.74) is 1.65. The number of aryl methyl sites for hydroxylation is 1. The van der Waals surface area contributed by atoms with Crippen molar-refractivity contribution in [3.63, 3.8) is 0 Å². The van der Waals surface area contributed by atoms with Crippen LogP contribution < -0.4 is 0 Å². The standard InChI is InChI=1S/C12H18O4/c1-8-4-9(7-16-11(13)14)6-10(5-8)12(2,3)15/h4-6,11,13-15H,7H2,1-3H3. The number of aliphatic hydroxyl groups excluding tert-OH is 1. The van der Waals surface area contributed by atoms with E-state index < -0.39 is 12.1 Å². The summed E-state index contributed by atoms with van der Waals surface area (Å²) in [6.07, 6.45) is 0. The first kappa shape index (κ1) is 13.1. The van der Waals surface area contributed by atoms with E-state index in [-0.39, 0.29) is 6.61 Å². The van der Waals surface area contributed by atoms with E-state index in [9.17, 15) is 5.11 Å². The molecule has 0 amide bonds. The fourth-order valence-electron chi connectivity index (χ4n) is 1.47. The minimum absolute atomic E-state index is 0.0996. The molecule has 0 bridgehead atoms. The molecule has 0 spiro atoms. The van der Waals surface area contributed by atoms with Crippen LogP contribution in [0.25, 0.3) is 0 Å². The fraction of sp³-hybridized carbons (Fsp3) is 0.500. The molecule has 0 saturated carbocycles. The molecule has 0 unspecified atom stereocenters. The second-order valence-electron chi connectivity index (χ2n) is 4.40. The smallest absolute Gasteiger partial charge is 0.266 e. The van der Waals surface area contributed by atoms with Crippen molar-refractivity contribution in [2.75, 3.05) is 0 Å². The molecule has 0 heterocycles. The van der Waals surface area contributed by atoms with Crippen LogP contribution in [-0.4, -0.2) is 21.8 Å². The summed E-state index contributed by atoms with van der Waals surface area (Å²) in [5.74, 6) is 0. The van der Waals surface area contributed by atoms with Gasteiger partial charge in [0.25, 0.3) is 6.48 Å². The van der Waals surface area contributed by atoms with Gasteiger partial charge in [0, 0.05) is 0 Å². The number of ether oxygens (including phenoxy) is 1. The molecule has 4 heteroatoms. The molecule has 1 aromatic carbocycles. The van der Waals surface area contributed by atoms with E-state index in [0.717, 1.165) is 16.7 Å². The van der Waals surface area contributed by atoms with Crippen LogP contribution in [-0.2, 0) is 16.9 Å². The van der Waals surface area contributed by atoms with Gasteiger partial charge in [0.15, 0.2) is 0 Å². The molecular weight excluding hydrogens is 208 g/mol. The van der Waals surface area contributed by atoms with Gasteiger partial charge in [-0.25, -0.2) is 0 Å². The zero-order valence-corrected chi connectivity index (χ0v) is 9.77. The van der Waals surface area contributed by atoms with Gasteiger partial charge in [-0.05, 0) is 31.9 Å². The Morgan fingerprint density at radius 1 is 1.25 bits per heavy atom. The fourth-order valence-corrected chi connectivity index (χ4v) is 1.47. The third kappa shape index (κ3) is 3.90. The summed E-state index contributed by atoms with van der Waals surface area (Å²) < 4.78 is 4.68. The van der Waals surface area contributed by atoms with E-state index in [2.05, 4.69) is 4.74 Å². The van der Waals surface area contributed by atoms with Crippen LogP contribution in [0.4, 0.5) is 0 Å². The summed E-state index contributed by atoms with van der Waals surface area (Å²) >= 11 is 0. The maximum Gasteiger partial charge on any atom is 0.266 e. The van der Waals surface area contributed by atoms with Crippen LogP contribution in [0, 0.1) is 6.92 Å². The summed E-state index contributed by atoms with van der Waals surface area (Å²) in [5, 5.41) is 27.1. The van der Waals surface area contributed by atoms with Crippen LogP contribution in [0.3, 0.4) is 0 Å². The average molecular weight is 226 g/mol. The minimum Gasteiger partial charge on any atom is -0.386 e. The monoisotopic (exact) mass is 226 g/mol. The van der Waals surface area contributed by atoms with E-state index in [1.165, 1.54) is 0 Å². The lowest BCUT2D eigenvalue weighted by Crippen LogP contribution is -2.16. The van der Waals surface area contributed by atoms with Crippen molar-refractivity contribution in [2.24, 2.45) is 0 Å². The van der Waals surface area contributed by atoms with Crippen LogP contribution in [0.15, 0.2) is 18.2 Å². The van der Waals surface area contributed by atoms with Gasteiger partial charge < -0.3 is 20.1 Å². The van der Waals surface area contributed by atoms with E-state index in [0.29, 0.717) is 0 Å². The van der Waals surface area contributed by atoms with Crippen molar-refractivity contribution >= 4 is 0 Å². The van der Waals surface area contributed by atoms with Gasteiger partial charge in [-0.15, -0.1) is 0 Å². The molecule has 0 saturated heterocycles. The van der Waals surface area contributed by atoms with E-state index in [1.807, 2.05) is 19.1 Å². The Labute approximate surface area is 95.1 Å². The molecule has 0 aromatic heterocycles. The molecule has 4 nitrogen and oxygen atoms in total. The van der Waals surface area contributed by atoms with Crippen LogP contribution in [0.5, 0.6) is 0 Å². The van der Waals surface area contributed by atoms with Gasteiger partial charge >= 0.3 is 0 Å². The molecule has 3 N–H and O–H groups in total. The molecule has 0 atom stereocenters. The molecule has 90 valence electrons. The molecular formula is C12H18O4. The highest BCUT2D eigenvalue weighted by molar-refractivity contribution is 5.32. The van der Waals surface area contributed by atoms with Crippen molar-refractivity contribution in [1.82, 2.24) is 0 Å². The molecule has 0 fully saturated rings. The Bertz CT molecular complexity index is 353. The second kappa shape index (κ2) is 4.93. The maximum absolute atomic E-state index is 9.88. The Morgan fingerprint density at radius 3 is 2.38 bits per heavy atom. The number of hydrogen-bond acceptors (Lipinski definition) is 4. The second-order valence-corrected chi connectivity index (χ2v) is 4.40. The molecule has 0 aliphatic heterocycles. The van der Waals surface area contributed by atoms with Gasteiger partial charge in [0.1, 0.15) is 0 Å². The third-order valence-corrected chi connectivity index (χ3v) is 2.24. The normalized spacial score (nSPS) is 12.2. The summed E-state index contributed by atoms with van der Waals surface area (Å²) in [7, 11) is 0. The Balaban J connectivity index is 2.90.